The second-order valence-electron chi connectivity index (χ2n) is 6.03. The Balaban J connectivity index is 1.96. The largest absolute Gasteiger partial charge is 0.418 e. The highest BCUT2D eigenvalue weighted by atomic mass is 19.4. The van der Waals surface area contributed by atoms with Crippen LogP contribution >= 0.6 is 0 Å². The average Bonchev–Trinajstić information content (AvgIpc) is 2.68. The lowest BCUT2D eigenvalue weighted by Gasteiger charge is -2.21. The van der Waals surface area contributed by atoms with Crippen molar-refractivity contribution in [3.8, 4) is 0 Å². The zero-order chi connectivity index (χ0) is 20.3. The van der Waals surface area contributed by atoms with Crippen molar-refractivity contribution >= 4 is 11.6 Å². The number of carbonyl (C=O) groups excluding carboxylic acids is 1. The topological polar surface area (TPSA) is 68.3 Å². The van der Waals surface area contributed by atoms with Crippen LogP contribution in [0.25, 0.3) is 0 Å². The SMILES string of the molecule is NN(C(=O)c1cccn(Cc2ccccc2)c1=O)c1ccccc1C(F)(F)F. The number of nitrogens with two attached hydrogens (primary N) is 1. The van der Waals surface area contributed by atoms with Crippen molar-refractivity contribution in [2.24, 2.45) is 5.84 Å². The molecule has 2 aromatic carbocycles. The zero-order valence-electron chi connectivity index (χ0n) is 14.6. The van der Waals surface area contributed by atoms with Gasteiger partial charge in [0.25, 0.3) is 11.5 Å². The molecule has 0 spiro atoms. The van der Waals surface area contributed by atoms with E-state index in [-0.39, 0.29) is 12.1 Å². The highest BCUT2D eigenvalue weighted by Crippen LogP contribution is 2.35. The number of rotatable bonds is 4. The highest BCUT2D eigenvalue weighted by Gasteiger charge is 2.35. The van der Waals surface area contributed by atoms with E-state index < -0.39 is 28.9 Å². The van der Waals surface area contributed by atoms with Gasteiger partial charge in [0.05, 0.1) is 17.8 Å². The predicted molar refractivity (Wildman–Crippen MR) is 98.7 cm³/mol. The van der Waals surface area contributed by atoms with Gasteiger partial charge in [-0.3, -0.25) is 9.59 Å². The van der Waals surface area contributed by atoms with Crippen molar-refractivity contribution in [2.75, 3.05) is 5.01 Å². The summed E-state index contributed by atoms with van der Waals surface area (Å²) in [5, 5.41) is 0.354. The first-order chi connectivity index (χ1) is 13.3. The minimum atomic E-state index is -4.70. The summed E-state index contributed by atoms with van der Waals surface area (Å²) in [6.45, 7) is 0.213. The molecule has 28 heavy (non-hydrogen) atoms. The Morgan fingerprint density at radius 3 is 2.29 bits per heavy atom. The Morgan fingerprint density at radius 1 is 0.964 bits per heavy atom. The van der Waals surface area contributed by atoms with Gasteiger partial charge in [0, 0.05) is 6.20 Å². The quantitative estimate of drug-likeness (QED) is 0.424. The number of carbonyl (C=O) groups is 1. The lowest BCUT2D eigenvalue weighted by atomic mass is 10.1. The first-order valence-electron chi connectivity index (χ1n) is 8.28. The number of hydrogen-bond acceptors (Lipinski definition) is 3. The maximum atomic E-state index is 13.2. The third-order valence-electron chi connectivity index (χ3n) is 4.13. The number of nitrogens with zero attached hydrogens (tertiary/aromatic N) is 2. The number of pyridine rings is 1. The zero-order valence-corrected chi connectivity index (χ0v) is 14.6. The van der Waals surface area contributed by atoms with E-state index in [1.807, 2.05) is 30.3 Å². The monoisotopic (exact) mass is 387 g/mol. The van der Waals surface area contributed by atoms with E-state index in [2.05, 4.69) is 0 Å². The summed E-state index contributed by atoms with van der Waals surface area (Å²) in [4.78, 5) is 25.3. The molecule has 0 atom stereocenters. The number of hydrogen-bond donors (Lipinski definition) is 1. The normalized spacial score (nSPS) is 11.3. The molecule has 144 valence electrons. The van der Waals surface area contributed by atoms with Crippen LogP contribution in [0.15, 0.2) is 77.7 Å². The molecule has 3 rings (SSSR count). The van der Waals surface area contributed by atoms with Gasteiger partial charge in [-0.25, -0.2) is 10.9 Å². The summed E-state index contributed by atoms with van der Waals surface area (Å²) in [5.74, 6) is 4.65. The molecule has 0 aliphatic rings. The maximum absolute atomic E-state index is 13.2. The summed E-state index contributed by atoms with van der Waals surface area (Å²) in [5.41, 5.74) is -1.72. The molecule has 0 saturated carbocycles. The standard InChI is InChI=1S/C20H16F3N3O2/c21-20(22,23)16-10-4-5-11-17(16)26(24)19(28)15-9-6-12-25(18(15)27)13-14-7-2-1-3-8-14/h1-12H,13,24H2. The fourth-order valence-electron chi connectivity index (χ4n) is 2.77. The van der Waals surface area contributed by atoms with Crippen LogP contribution in [0.1, 0.15) is 21.5 Å². The van der Waals surface area contributed by atoms with Crippen molar-refractivity contribution in [2.45, 2.75) is 12.7 Å². The number of anilines is 1. The van der Waals surface area contributed by atoms with Crippen molar-refractivity contribution in [1.29, 1.82) is 0 Å². The van der Waals surface area contributed by atoms with Crippen LogP contribution in [-0.4, -0.2) is 10.5 Å². The summed E-state index contributed by atoms with van der Waals surface area (Å²) in [7, 11) is 0. The third-order valence-corrected chi connectivity index (χ3v) is 4.13. The minimum Gasteiger partial charge on any atom is -0.310 e. The molecule has 1 heterocycles. The number of para-hydroxylation sites is 1. The number of aromatic nitrogens is 1. The van der Waals surface area contributed by atoms with Crippen LogP contribution in [-0.2, 0) is 12.7 Å². The molecule has 0 radical (unpaired) electrons. The third kappa shape index (κ3) is 3.96. The van der Waals surface area contributed by atoms with Crippen LogP contribution in [0, 0.1) is 0 Å². The lowest BCUT2D eigenvalue weighted by Crippen LogP contribution is -2.42. The van der Waals surface area contributed by atoms with Crippen LogP contribution in [0.5, 0.6) is 0 Å². The van der Waals surface area contributed by atoms with E-state index in [1.54, 1.807) is 0 Å². The van der Waals surface area contributed by atoms with Gasteiger partial charge < -0.3 is 4.57 Å². The molecule has 2 N–H and O–H groups in total. The maximum Gasteiger partial charge on any atom is 0.418 e. The molecule has 0 aliphatic carbocycles. The van der Waals surface area contributed by atoms with Gasteiger partial charge in [0.15, 0.2) is 0 Å². The lowest BCUT2D eigenvalue weighted by molar-refractivity contribution is -0.137. The minimum absolute atomic E-state index is 0.213. The van der Waals surface area contributed by atoms with E-state index in [4.69, 9.17) is 5.84 Å². The molecular weight excluding hydrogens is 371 g/mol. The second-order valence-corrected chi connectivity index (χ2v) is 6.03. The van der Waals surface area contributed by atoms with Crippen molar-refractivity contribution < 1.29 is 18.0 Å². The van der Waals surface area contributed by atoms with E-state index in [1.165, 1.54) is 35.0 Å². The summed E-state index contributed by atoms with van der Waals surface area (Å²) in [6, 6.07) is 16.2. The van der Waals surface area contributed by atoms with Crippen molar-refractivity contribution in [3.63, 3.8) is 0 Å². The molecule has 0 fully saturated rings. The van der Waals surface area contributed by atoms with Crippen LogP contribution < -0.4 is 16.4 Å². The molecule has 0 unspecified atom stereocenters. The fourth-order valence-corrected chi connectivity index (χ4v) is 2.77. The first-order valence-corrected chi connectivity index (χ1v) is 8.28. The molecule has 0 bridgehead atoms. The van der Waals surface area contributed by atoms with Crippen LogP contribution in [0.4, 0.5) is 18.9 Å². The molecule has 8 heteroatoms. The van der Waals surface area contributed by atoms with E-state index >= 15 is 0 Å². The van der Waals surface area contributed by atoms with Gasteiger partial charge in [-0.2, -0.15) is 13.2 Å². The van der Waals surface area contributed by atoms with Gasteiger partial charge in [-0.05, 0) is 29.8 Å². The van der Waals surface area contributed by atoms with Crippen molar-refractivity contribution in [1.82, 2.24) is 4.57 Å². The molecule has 1 aromatic heterocycles. The van der Waals surface area contributed by atoms with Gasteiger partial charge in [0.1, 0.15) is 5.56 Å². The number of benzene rings is 2. The van der Waals surface area contributed by atoms with Crippen LogP contribution in [0.2, 0.25) is 0 Å². The number of alkyl halides is 3. The molecule has 3 aromatic rings. The molecule has 0 saturated heterocycles. The smallest absolute Gasteiger partial charge is 0.310 e. The molecule has 0 aliphatic heterocycles. The Labute approximate surface area is 158 Å². The second kappa shape index (κ2) is 7.69. The van der Waals surface area contributed by atoms with Gasteiger partial charge in [-0.1, -0.05) is 42.5 Å². The highest BCUT2D eigenvalue weighted by molar-refractivity contribution is 6.05. The molecule has 5 nitrogen and oxygen atoms in total. The molecule has 1 amide bonds. The fraction of sp³-hybridized carbons (Fsp3) is 0.100. The predicted octanol–water partition coefficient (Wildman–Crippen LogP) is 3.44. The Bertz CT molecular complexity index is 1050. The summed E-state index contributed by atoms with van der Waals surface area (Å²) >= 11 is 0. The van der Waals surface area contributed by atoms with Crippen molar-refractivity contribution in [3.05, 3.63) is 100.0 Å². The first kappa shape index (κ1) is 19.4. The average molecular weight is 387 g/mol. The van der Waals surface area contributed by atoms with Gasteiger partial charge in [-0.15, -0.1) is 0 Å². The van der Waals surface area contributed by atoms with E-state index in [9.17, 15) is 22.8 Å². The Morgan fingerprint density at radius 2 is 1.61 bits per heavy atom. The Hall–Kier alpha value is -3.39. The van der Waals surface area contributed by atoms with Gasteiger partial charge >= 0.3 is 6.18 Å². The number of amides is 1. The van der Waals surface area contributed by atoms with E-state index in [0.717, 1.165) is 17.7 Å². The summed E-state index contributed by atoms with van der Waals surface area (Å²) in [6.07, 6.45) is -3.20. The number of hydrazine groups is 1. The summed E-state index contributed by atoms with van der Waals surface area (Å²) < 4.78 is 40.9. The number of halogens is 3. The van der Waals surface area contributed by atoms with E-state index in [0.29, 0.717) is 5.01 Å². The van der Waals surface area contributed by atoms with Gasteiger partial charge in [0.2, 0.25) is 0 Å². The molecular formula is C20H16F3N3O2. The Kier molecular flexibility index (Phi) is 5.32. The van der Waals surface area contributed by atoms with Crippen LogP contribution in [0.3, 0.4) is 0 Å².